The van der Waals surface area contributed by atoms with Crippen LogP contribution in [0.5, 0.6) is 11.5 Å². The maximum Gasteiger partial charge on any atom is 0.255 e. The number of hydrogen-bond donors (Lipinski definition) is 4. The highest BCUT2D eigenvalue weighted by Gasteiger charge is 2.42. The van der Waals surface area contributed by atoms with E-state index in [2.05, 4.69) is 5.32 Å². The Morgan fingerprint density at radius 2 is 2.24 bits per heavy atom. The Hall–Kier alpha value is -1.83. The van der Waals surface area contributed by atoms with Gasteiger partial charge in [-0.15, -0.1) is 0 Å². The standard InChI is InChI=1S/C14H17NO6/c1-7-11(13(18)10(6-16)21-7)15-14(19)8-4-3-5-9(20-2)12(8)17/h1,3-5,7,10-11,13,16-18H,6H2,2H3,(H,15,19)/t7-,10+,11?,13-/m0/s1. The summed E-state index contributed by atoms with van der Waals surface area (Å²) in [7, 11) is 1.37. The number of aliphatic hydroxyl groups is 2. The van der Waals surface area contributed by atoms with Crippen LogP contribution in [0.3, 0.4) is 0 Å². The lowest BCUT2D eigenvalue weighted by atomic mass is 10.0. The van der Waals surface area contributed by atoms with Gasteiger partial charge in [-0.1, -0.05) is 6.07 Å². The summed E-state index contributed by atoms with van der Waals surface area (Å²) in [5.41, 5.74) is -0.0128. The van der Waals surface area contributed by atoms with Crippen molar-refractivity contribution in [3.05, 3.63) is 30.7 Å². The van der Waals surface area contributed by atoms with Crippen LogP contribution in [0, 0.1) is 6.92 Å². The number of carbonyl (C=O) groups is 1. The van der Waals surface area contributed by atoms with Gasteiger partial charge < -0.3 is 30.1 Å². The van der Waals surface area contributed by atoms with Gasteiger partial charge in [0.25, 0.3) is 5.91 Å². The molecule has 1 aromatic rings. The van der Waals surface area contributed by atoms with Crippen LogP contribution in [-0.2, 0) is 4.74 Å². The normalized spacial score (nSPS) is 28.4. The highest BCUT2D eigenvalue weighted by atomic mass is 16.5. The molecule has 1 unspecified atom stereocenters. The minimum atomic E-state index is -1.14. The number of benzene rings is 1. The molecule has 1 fully saturated rings. The molecule has 0 bridgehead atoms. The van der Waals surface area contributed by atoms with Crippen molar-refractivity contribution in [2.45, 2.75) is 24.4 Å². The molecule has 7 heteroatoms. The number of amides is 1. The van der Waals surface area contributed by atoms with Crippen molar-refractivity contribution in [3.63, 3.8) is 0 Å². The molecule has 1 heterocycles. The zero-order valence-electron chi connectivity index (χ0n) is 11.4. The molecule has 0 aromatic heterocycles. The molecule has 4 atom stereocenters. The fraction of sp³-hybridized carbons (Fsp3) is 0.429. The molecule has 7 nitrogen and oxygen atoms in total. The molecule has 1 amide bonds. The first-order valence-electron chi connectivity index (χ1n) is 6.36. The fourth-order valence-electron chi connectivity index (χ4n) is 2.21. The predicted molar refractivity (Wildman–Crippen MR) is 72.0 cm³/mol. The zero-order chi connectivity index (χ0) is 15.6. The summed E-state index contributed by atoms with van der Waals surface area (Å²) in [6.45, 7) is 5.25. The topological polar surface area (TPSA) is 108 Å². The summed E-state index contributed by atoms with van der Waals surface area (Å²) in [4.78, 5) is 12.2. The molecule has 21 heavy (non-hydrogen) atoms. The molecule has 0 saturated carbocycles. The van der Waals surface area contributed by atoms with Crippen molar-refractivity contribution in [1.82, 2.24) is 5.32 Å². The van der Waals surface area contributed by atoms with Gasteiger partial charge in [-0.3, -0.25) is 4.79 Å². The van der Waals surface area contributed by atoms with E-state index in [0.29, 0.717) is 0 Å². The van der Waals surface area contributed by atoms with Crippen molar-refractivity contribution >= 4 is 5.91 Å². The SMILES string of the molecule is [CH][C@@H]1O[C@H](CO)[C@H](O)C1NC(=O)c1cccc(OC)c1O. The number of methoxy groups -OCH3 is 1. The number of phenolic OH excluding ortho intramolecular Hbond substituents is 1. The van der Waals surface area contributed by atoms with Gasteiger partial charge in [-0.05, 0) is 19.1 Å². The number of aromatic hydroxyl groups is 1. The Morgan fingerprint density at radius 3 is 2.81 bits per heavy atom. The molecule has 4 N–H and O–H groups in total. The fourth-order valence-corrected chi connectivity index (χ4v) is 2.21. The highest BCUT2D eigenvalue weighted by Crippen LogP contribution is 2.30. The van der Waals surface area contributed by atoms with E-state index in [1.165, 1.54) is 19.2 Å². The van der Waals surface area contributed by atoms with E-state index in [4.69, 9.17) is 21.5 Å². The van der Waals surface area contributed by atoms with Gasteiger partial charge in [0.15, 0.2) is 11.5 Å². The summed E-state index contributed by atoms with van der Waals surface area (Å²) in [6, 6.07) is 3.57. The van der Waals surface area contributed by atoms with Crippen molar-refractivity contribution in [3.8, 4) is 11.5 Å². The van der Waals surface area contributed by atoms with Crippen LogP contribution in [0.1, 0.15) is 10.4 Å². The lowest BCUT2D eigenvalue weighted by Crippen LogP contribution is -2.47. The third-order valence-electron chi connectivity index (χ3n) is 3.38. The van der Waals surface area contributed by atoms with Crippen molar-refractivity contribution in [2.24, 2.45) is 0 Å². The van der Waals surface area contributed by atoms with E-state index in [1.807, 2.05) is 0 Å². The Kier molecular flexibility index (Phi) is 4.66. The molecule has 1 aromatic carbocycles. The highest BCUT2D eigenvalue weighted by molar-refractivity contribution is 5.97. The van der Waals surface area contributed by atoms with E-state index in [0.717, 1.165) is 0 Å². The molecule has 0 aliphatic carbocycles. The van der Waals surface area contributed by atoms with Crippen LogP contribution in [0.25, 0.3) is 0 Å². The summed E-state index contributed by atoms with van der Waals surface area (Å²) >= 11 is 0. The second kappa shape index (κ2) is 6.30. The second-order valence-electron chi connectivity index (χ2n) is 4.67. The first kappa shape index (κ1) is 15.6. The molecular formula is C14H17NO6. The smallest absolute Gasteiger partial charge is 0.255 e. The Labute approximate surface area is 122 Å². The van der Waals surface area contributed by atoms with Gasteiger partial charge in [0.2, 0.25) is 0 Å². The Morgan fingerprint density at radius 1 is 1.52 bits per heavy atom. The molecule has 1 saturated heterocycles. The number of nitrogens with one attached hydrogen (secondary N) is 1. The monoisotopic (exact) mass is 295 g/mol. The van der Waals surface area contributed by atoms with Gasteiger partial charge in [-0.25, -0.2) is 0 Å². The van der Waals surface area contributed by atoms with E-state index in [-0.39, 0.29) is 17.1 Å². The average Bonchev–Trinajstić information content (AvgIpc) is 2.74. The third kappa shape index (κ3) is 2.94. The van der Waals surface area contributed by atoms with E-state index >= 15 is 0 Å². The second-order valence-corrected chi connectivity index (χ2v) is 4.67. The Bertz CT molecular complexity index is 520. The minimum absolute atomic E-state index is 0.0128. The molecule has 2 radical (unpaired) electrons. The summed E-state index contributed by atoms with van der Waals surface area (Å²) in [6.07, 6.45) is -2.94. The quantitative estimate of drug-likeness (QED) is 0.587. The van der Waals surface area contributed by atoms with Crippen molar-refractivity contribution in [1.29, 1.82) is 0 Å². The van der Waals surface area contributed by atoms with Gasteiger partial charge in [-0.2, -0.15) is 0 Å². The maximum absolute atomic E-state index is 12.2. The number of phenols is 1. The van der Waals surface area contributed by atoms with Crippen LogP contribution in [0.15, 0.2) is 18.2 Å². The lowest BCUT2D eigenvalue weighted by molar-refractivity contribution is -0.0114. The van der Waals surface area contributed by atoms with Gasteiger partial charge in [0, 0.05) is 0 Å². The first-order valence-corrected chi connectivity index (χ1v) is 6.36. The van der Waals surface area contributed by atoms with Crippen molar-refractivity contribution < 1.29 is 29.6 Å². The number of rotatable bonds is 4. The minimum Gasteiger partial charge on any atom is -0.504 e. The maximum atomic E-state index is 12.2. The van der Waals surface area contributed by atoms with Crippen molar-refractivity contribution in [2.75, 3.05) is 13.7 Å². The molecular weight excluding hydrogens is 278 g/mol. The summed E-state index contributed by atoms with van der Waals surface area (Å²) in [5, 5.41) is 31.3. The van der Waals surface area contributed by atoms with E-state index in [9.17, 15) is 15.0 Å². The Balaban J connectivity index is 2.15. The van der Waals surface area contributed by atoms with Gasteiger partial charge in [0.1, 0.15) is 12.2 Å². The number of hydrogen-bond acceptors (Lipinski definition) is 6. The largest absolute Gasteiger partial charge is 0.504 e. The van der Waals surface area contributed by atoms with E-state index < -0.39 is 36.9 Å². The van der Waals surface area contributed by atoms with Crippen LogP contribution < -0.4 is 10.1 Å². The van der Waals surface area contributed by atoms with Gasteiger partial charge in [0.05, 0.1) is 31.4 Å². The van der Waals surface area contributed by atoms with Crippen LogP contribution in [0.4, 0.5) is 0 Å². The molecule has 0 spiro atoms. The summed E-state index contributed by atoms with van der Waals surface area (Å²) < 4.78 is 10.0. The predicted octanol–water partition coefficient (Wildman–Crippen LogP) is -0.669. The molecule has 1 aliphatic rings. The number of aliphatic hydroxyl groups excluding tert-OH is 2. The molecule has 2 rings (SSSR count). The zero-order valence-corrected chi connectivity index (χ0v) is 11.4. The van der Waals surface area contributed by atoms with Gasteiger partial charge >= 0.3 is 0 Å². The molecule has 114 valence electrons. The van der Waals surface area contributed by atoms with Crippen LogP contribution >= 0.6 is 0 Å². The van der Waals surface area contributed by atoms with Crippen LogP contribution in [-0.4, -0.2) is 59.3 Å². The third-order valence-corrected chi connectivity index (χ3v) is 3.38. The molecule has 1 aliphatic heterocycles. The summed E-state index contributed by atoms with van der Waals surface area (Å²) in [5.74, 6) is -0.783. The number of carbonyl (C=O) groups excluding carboxylic acids is 1. The number of para-hydroxylation sites is 1. The van der Waals surface area contributed by atoms with E-state index in [1.54, 1.807) is 6.07 Å². The first-order chi connectivity index (χ1) is 9.99. The lowest BCUT2D eigenvalue weighted by Gasteiger charge is -2.20. The number of ether oxygens (including phenoxy) is 2. The average molecular weight is 295 g/mol. The van der Waals surface area contributed by atoms with Crippen LogP contribution in [0.2, 0.25) is 0 Å².